The van der Waals surface area contributed by atoms with E-state index >= 15 is 0 Å². The van der Waals surface area contributed by atoms with Gasteiger partial charge < -0.3 is 9.47 Å². The summed E-state index contributed by atoms with van der Waals surface area (Å²) < 4.78 is 10.5. The fourth-order valence-electron chi connectivity index (χ4n) is 1.63. The van der Waals surface area contributed by atoms with Gasteiger partial charge in [-0.2, -0.15) is 0 Å². The third-order valence-corrected chi connectivity index (χ3v) is 3.40. The van der Waals surface area contributed by atoms with Gasteiger partial charge in [0.1, 0.15) is 12.4 Å². The van der Waals surface area contributed by atoms with Gasteiger partial charge in [-0.05, 0) is 18.6 Å². The van der Waals surface area contributed by atoms with Crippen molar-refractivity contribution in [2.24, 2.45) is 5.92 Å². The average Bonchev–Trinajstić information content (AvgIpc) is 2.84. The minimum atomic E-state index is -0.0298. The molecule has 1 fully saturated rings. The Morgan fingerprint density at radius 3 is 2.88 bits per heavy atom. The van der Waals surface area contributed by atoms with Gasteiger partial charge in [0.05, 0.1) is 16.7 Å². The zero-order chi connectivity index (χ0) is 12.3. The lowest BCUT2D eigenvalue weighted by molar-refractivity contribution is -0.124. The standard InChI is InChI=1S/C12H12Cl2O3/c13-10-2-1-9(5-11(10)14)17-7-12(15)8-3-4-16-6-8/h1-2,5,8H,3-4,6-7H2. The highest BCUT2D eigenvalue weighted by Crippen LogP contribution is 2.26. The molecular formula is C12H12Cl2O3. The van der Waals surface area contributed by atoms with Gasteiger partial charge >= 0.3 is 0 Å². The number of ether oxygens (including phenoxy) is 2. The molecule has 1 aromatic carbocycles. The smallest absolute Gasteiger partial charge is 0.175 e. The van der Waals surface area contributed by atoms with E-state index in [9.17, 15) is 4.79 Å². The molecular weight excluding hydrogens is 263 g/mol. The molecule has 1 aromatic rings. The zero-order valence-corrected chi connectivity index (χ0v) is 10.6. The first-order valence-electron chi connectivity index (χ1n) is 5.35. The van der Waals surface area contributed by atoms with Crippen LogP contribution in [0.2, 0.25) is 10.0 Å². The Hall–Kier alpha value is -0.770. The van der Waals surface area contributed by atoms with Crippen LogP contribution in [-0.2, 0) is 9.53 Å². The molecule has 17 heavy (non-hydrogen) atoms. The third kappa shape index (κ3) is 3.35. The Bertz CT molecular complexity index is 414. The third-order valence-electron chi connectivity index (χ3n) is 2.66. The number of halogens is 2. The van der Waals surface area contributed by atoms with Crippen molar-refractivity contribution < 1.29 is 14.3 Å². The van der Waals surface area contributed by atoms with Crippen LogP contribution >= 0.6 is 23.2 Å². The maximum absolute atomic E-state index is 11.7. The van der Waals surface area contributed by atoms with Crippen LogP contribution < -0.4 is 4.74 Å². The summed E-state index contributed by atoms with van der Waals surface area (Å²) in [4.78, 5) is 11.7. The van der Waals surface area contributed by atoms with E-state index in [0.717, 1.165) is 6.42 Å². The molecule has 92 valence electrons. The van der Waals surface area contributed by atoms with Gasteiger partial charge in [-0.25, -0.2) is 0 Å². The fourth-order valence-corrected chi connectivity index (χ4v) is 1.92. The van der Waals surface area contributed by atoms with Crippen LogP contribution in [0.3, 0.4) is 0 Å². The average molecular weight is 275 g/mol. The van der Waals surface area contributed by atoms with Crippen LogP contribution in [0.4, 0.5) is 0 Å². The summed E-state index contributed by atoms with van der Waals surface area (Å²) in [6.07, 6.45) is 0.781. The minimum absolute atomic E-state index is 0.0298. The van der Waals surface area contributed by atoms with Gasteiger partial charge in [0.25, 0.3) is 0 Å². The molecule has 1 saturated heterocycles. The van der Waals surface area contributed by atoms with E-state index in [-0.39, 0.29) is 18.3 Å². The van der Waals surface area contributed by atoms with Gasteiger partial charge in [0.15, 0.2) is 5.78 Å². The Labute approximate surface area is 110 Å². The second-order valence-electron chi connectivity index (χ2n) is 3.89. The molecule has 0 amide bonds. The summed E-state index contributed by atoms with van der Waals surface area (Å²) in [5.41, 5.74) is 0. The van der Waals surface area contributed by atoms with Crippen molar-refractivity contribution in [2.45, 2.75) is 6.42 Å². The SMILES string of the molecule is O=C(COc1ccc(Cl)c(Cl)c1)C1CCOC1. The number of rotatable bonds is 4. The predicted octanol–water partition coefficient (Wildman–Crippen LogP) is 2.98. The van der Waals surface area contributed by atoms with Gasteiger partial charge in [0, 0.05) is 18.6 Å². The largest absolute Gasteiger partial charge is 0.486 e. The monoisotopic (exact) mass is 274 g/mol. The second kappa shape index (κ2) is 5.71. The number of Topliss-reactive ketones (excluding diaryl/α,β-unsaturated/α-hetero) is 1. The lowest BCUT2D eigenvalue weighted by Gasteiger charge is -2.09. The van der Waals surface area contributed by atoms with Crippen LogP contribution in [0, 0.1) is 5.92 Å². The van der Waals surface area contributed by atoms with E-state index in [4.69, 9.17) is 32.7 Å². The molecule has 1 aliphatic heterocycles. The van der Waals surface area contributed by atoms with Gasteiger partial charge in [0.2, 0.25) is 0 Å². The first-order valence-corrected chi connectivity index (χ1v) is 6.10. The van der Waals surface area contributed by atoms with E-state index in [2.05, 4.69) is 0 Å². The predicted molar refractivity (Wildman–Crippen MR) is 65.9 cm³/mol. The van der Waals surface area contributed by atoms with Crippen molar-refractivity contribution in [3.8, 4) is 5.75 Å². The highest BCUT2D eigenvalue weighted by atomic mass is 35.5. The number of hydrogen-bond donors (Lipinski definition) is 0. The van der Waals surface area contributed by atoms with Crippen molar-refractivity contribution >= 4 is 29.0 Å². The maximum Gasteiger partial charge on any atom is 0.175 e. The Morgan fingerprint density at radius 1 is 1.41 bits per heavy atom. The number of hydrogen-bond acceptors (Lipinski definition) is 3. The van der Waals surface area contributed by atoms with Crippen LogP contribution in [-0.4, -0.2) is 25.6 Å². The molecule has 1 atom stereocenters. The molecule has 0 radical (unpaired) electrons. The molecule has 0 N–H and O–H groups in total. The van der Waals surface area contributed by atoms with E-state index < -0.39 is 0 Å². The maximum atomic E-state index is 11.7. The normalized spacial score (nSPS) is 19.3. The molecule has 0 saturated carbocycles. The van der Waals surface area contributed by atoms with E-state index in [1.807, 2.05) is 0 Å². The lowest BCUT2D eigenvalue weighted by atomic mass is 10.0. The number of carbonyl (C=O) groups excluding carboxylic acids is 1. The Morgan fingerprint density at radius 2 is 2.24 bits per heavy atom. The minimum Gasteiger partial charge on any atom is -0.486 e. The van der Waals surface area contributed by atoms with Gasteiger partial charge in [-0.15, -0.1) is 0 Å². The van der Waals surface area contributed by atoms with Crippen LogP contribution in [0.25, 0.3) is 0 Å². The summed E-state index contributed by atoms with van der Waals surface area (Å²) >= 11 is 11.6. The molecule has 1 heterocycles. The van der Waals surface area contributed by atoms with Gasteiger partial charge in [-0.1, -0.05) is 23.2 Å². The van der Waals surface area contributed by atoms with Crippen molar-refractivity contribution in [1.82, 2.24) is 0 Å². The topological polar surface area (TPSA) is 35.5 Å². The highest BCUT2D eigenvalue weighted by molar-refractivity contribution is 6.42. The molecule has 5 heteroatoms. The molecule has 0 bridgehead atoms. The van der Waals surface area contributed by atoms with Crippen LogP contribution in [0.15, 0.2) is 18.2 Å². The second-order valence-corrected chi connectivity index (χ2v) is 4.71. The fraction of sp³-hybridized carbons (Fsp3) is 0.417. The number of ketones is 1. The van der Waals surface area contributed by atoms with Crippen molar-refractivity contribution in [3.63, 3.8) is 0 Å². The molecule has 0 aliphatic carbocycles. The van der Waals surface area contributed by atoms with E-state index in [0.29, 0.717) is 29.0 Å². The summed E-state index contributed by atoms with van der Waals surface area (Å²) in [5, 5.41) is 0.885. The first kappa shape index (κ1) is 12.7. The van der Waals surface area contributed by atoms with E-state index in [1.165, 1.54) is 0 Å². The van der Waals surface area contributed by atoms with Crippen LogP contribution in [0.5, 0.6) is 5.75 Å². The molecule has 2 rings (SSSR count). The zero-order valence-electron chi connectivity index (χ0n) is 9.12. The van der Waals surface area contributed by atoms with Gasteiger partial charge in [-0.3, -0.25) is 4.79 Å². The van der Waals surface area contributed by atoms with Crippen molar-refractivity contribution in [3.05, 3.63) is 28.2 Å². The quantitative estimate of drug-likeness (QED) is 0.847. The molecule has 1 aliphatic rings. The first-order chi connectivity index (χ1) is 8.16. The highest BCUT2D eigenvalue weighted by Gasteiger charge is 2.23. The summed E-state index contributed by atoms with van der Waals surface area (Å²) in [6, 6.07) is 4.93. The van der Waals surface area contributed by atoms with E-state index in [1.54, 1.807) is 18.2 Å². The van der Waals surface area contributed by atoms with Crippen molar-refractivity contribution in [1.29, 1.82) is 0 Å². The Balaban J connectivity index is 1.88. The Kier molecular flexibility index (Phi) is 4.26. The lowest BCUT2D eigenvalue weighted by Crippen LogP contribution is -2.21. The number of benzene rings is 1. The van der Waals surface area contributed by atoms with Crippen molar-refractivity contribution in [2.75, 3.05) is 19.8 Å². The summed E-state index contributed by atoms with van der Waals surface area (Å²) in [6.45, 7) is 1.21. The summed E-state index contributed by atoms with van der Waals surface area (Å²) in [5.74, 6) is 0.581. The molecule has 3 nitrogen and oxygen atoms in total. The van der Waals surface area contributed by atoms with Crippen LogP contribution in [0.1, 0.15) is 6.42 Å². The number of carbonyl (C=O) groups is 1. The summed E-state index contributed by atoms with van der Waals surface area (Å²) in [7, 11) is 0. The molecule has 1 unspecified atom stereocenters. The molecule has 0 spiro atoms. The molecule has 0 aromatic heterocycles.